The Labute approximate surface area is 270 Å². The first-order valence-electron chi connectivity index (χ1n) is 13.9. The van der Waals surface area contributed by atoms with E-state index in [1.165, 1.54) is 12.4 Å². The third kappa shape index (κ3) is 5.17. The summed E-state index contributed by atoms with van der Waals surface area (Å²) >= 11 is 7.46. The van der Waals surface area contributed by atoms with E-state index in [9.17, 15) is 9.65 Å². The van der Waals surface area contributed by atoms with Crippen LogP contribution >= 0.6 is 22.9 Å². The minimum absolute atomic E-state index is 0.0464. The van der Waals surface area contributed by atoms with Gasteiger partial charge in [-0.2, -0.15) is 15.2 Å². The number of benzene rings is 2. The number of nitrogens with zero attached hydrogens (tertiary/aromatic N) is 7. The quantitative estimate of drug-likeness (QED) is 0.232. The fourth-order valence-electron chi connectivity index (χ4n) is 5.61. The molecule has 1 saturated heterocycles. The highest BCUT2D eigenvalue weighted by Gasteiger charge is 2.34. The van der Waals surface area contributed by atoms with Gasteiger partial charge in [-0.05, 0) is 27.1 Å². The number of halogens is 4. The Balaban J connectivity index is 1.61. The number of fused-ring (bicyclic) bond motifs is 2. The molecular formula is C30H27ClF3N9O2S. The lowest BCUT2D eigenvalue weighted by molar-refractivity contribution is 0.117. The molecule has 1 aliphatic heterocycles. The van der Waals surface area contributed by atoms with Gasteiger partial charge < -0.3 is 30.7 Å². The van der Waals surface area contributed by atoms with E-state index in [2.05, 4.69) is 19.9 Å². The summed E-state index contributed by atoms with van der Waals surface area (Å²) in [6.07, 6.45) is 2.40. The van der Waals surface area contributed by atoms with Gasteiger partial charge in [-0.1, -0.05) is 11.6 Å². The average molecular weight is 670 g/mol. The van der Waals surface area contributed by atoms with Gasteiger partial charge in [0.1, 0.15) is 52.3 Å². The lowest BCUT2D eigenvalue weighted by atomic mass is 9.96. The van der Waals surface area contributed by atoms with Crippen molar-refractivity contribution in [2.75, 3.05) is 50.7 Å². The number of hydrogen-bond donors (Lipinski definition) is 2. The number of nitriles is 1. The van der Waals surface area contributed by atoms with Crippen LogP contribution in [0, 0.1) is 28.8 Å². The van der Waals surface area contributed by atoms with E-state index < -0.39 is 40.7 Å². The standard InChI is InChI=1S/C30H27ClF3N9O2S/c1-12(15-8-38-11-39-27(15)36)43(4)29-13-5-16(31)22(23-17(32)6-18(33)26-21(23)14(7-35)28(37)46-26)24(34)25(13)40-30(41-29)45-20-10-44-9-19(20)42(2)3/h5-6,8,11-12,19-20H,9-10,37H2,1-4H3,(H2,36,38,39)/t12-,19+,20+/m1/s1. The number of nitrogens with two attached hydrogens (primary N) is 2. The van der Waals surface area contributed by atoms with Gasteiger partial charge in [-0.15, -0.1) is 11.3 Å². The Kier molecular flexibility index (Phi) is 8.23. The van der Waals surface area contributed by atoms with Gasteiger partial charge in [-0.25, -0.2) is 23.1 Å². The number of aromatic nitrogens is 4. The first-order valence-corrected chi connectivity index (χ1v) is 15.1. The summed E-state index contributed by atoms with van der Waals surface area (Å²) in [6, 6.07) is 3.09. The molecule has 3 aromatic heterocycles. The lowest BCUT2D eigenvalue weighted by Crippen LogP contribution is -2.41. The number of nitrogen functional groups attached to an aromatic ring is 2. The Hall–Kier alpha value is -4.49. The van der Waals surface area contributed by atoms with E-state index >= 15 is 8.78 Å². The molecule has 16 heteroatoms. The maximum absolute atomic E-state index is 16.9. The fourth-order valence-corrected chi connectivity index (χ4v) is 6.83. The Morgan fingerprint density at radius 2 is 1.89 bits per heavy atom. The zero-order valence-corrected chi connectivity index (χ0v) is 26.5. The van der Waals surface area contributed by atoms with Crippen molar-refractivity contribution in [1.82, 2.24) is 24.8 Å². The third-order valence-electron chi connectivity index (χ3n) is 8.16. The van der Waals surface area contributed by atoms with E-state index in [1.807, 2.05) is 32.0 Å². The molecule has 3 atom stereocenters. The first kappa shape index (κ1) is 31.5. The predicted octanol–water partition coefficient (Wildman–Crippen LogP) is 5.31. The molecule has 0 radical (unpaired) electrons. The number of thiophene rings is 1. The highest BCUT2D eigenvalue weighted by Crippen LogP contribution is 2.47. The normalized spacial score (nSPS) is 17.1. The predicted molar refractivity (Wildman–Crippen MR) is 170 cm³/mol. The molecule has 0 amide bonds. The number of likely N-dealkylation sites (N-methyl/N-ethyl adjacent to an activating group) is 1. The minimum atomic E-state index is -1.13. The van der Waals surface area contributed by atoms with Crippen molar-refractivity contribution < 1.29 is 22.6 Å². The van der Waals surface area contributed by atoms with Crippen LogP contribution in [0.1, 0.15) is 24.1 Å². The zero-order valence-electron chi connectivity index (χ0n) is 25.0. The summed E-state index contributed by atoms with van der Waals surface area (Å²) in [5.41, 5.74) is 11.4. The van der Waals surface area contributed by atoms with Crippen molar-refractivity contribution in [2.45, 2.75) is 25.1 Å². The molecule has 1 aliphatic rings. The molecule has 0 aliphatic carbocycles. The molecule has 0 saturated carbocycles. The van der Waals surface area contributed by atoms with Crippen LogP contribution < -0.4 is 21.1 Å². The molecule has 0 unspecified atom stereocenters. The highest BCUT2D eigenvalue weighted by atomic mass is 35.5. The van der Waals surface area contributed by atoms with E-state index in [0.717, 1.165) is 11.3 Å². The van der Waals surface area contributed by atoms with Crippen LogP contribution in [0.25, 0.3) is 32.1 Å². The largest absolute Gasteiger partial charge is 0.456 e. The number of hydrogen-bond acceptors (Lipinski definition) is 12. The van der Waals surface area contributed by atoms with E-state index in [4.69, 9.17) is 32.5 Å². The summed E-state index contributed by atoms with van der Waals surface area (Å²) in [4.78, 5) is 20.9. The van der Waals surface area contributed by atoms with Crippen molar-refractivity contribution in [1.29, 1.82) is 5.26 Å². The van der Waals surface area contributed by atoms with E-state index in [1.54, 1.807) is 18.1 Å². The summed E-state index contributed by atoms with van der Waals surface area (Å²) < 4.78 is 59.1. The molecule has 4 N–H and O–H groups in total. The SMILES string of the molecule is C[C@H](c1cncnc1N)N(C)c1nc(O[C@H]2COC[C@@H]2N(C)C)nc2c(F)c(-c3c(F)cc(F)c4sc(N)c(C#N)c34)c(Cl)cc12. The zero-order chi connectivity index (χ0) is 33.0. The van der Waals surface area contributed by atoms with Crippen LogP contribution in [0.2, 0.25) is 5.02 Å². The molecule has 46 heavy (non-hydrogen) atoms. The maximum Gasteiger partial charge on any atom is 0.319 e. The monoisotopic (exact) mass is 669 g/mol. The second-order valence-corrected chi connectivity index (χ2v) is 12.5. The van der Waals surface area contributed by atoms with Crippen molar-refractivity contribution in [2.24, 2.45) is 0 Å². The van der Waals surface area contributed by atoms with Gasteiger partial charge in [0.05, 0.1) is 40.6 Å². The summed E-state index contributed by atoms with van der Waals surface area (Å²) in [6.45, 7) is 2.48. The Bertz CT molecular complexity index is 2060. The average Bonchev–Trinajstić information content (AvgIpc) is 3.62. The number of rotatable bonds is 7. The highest BCUT2D eigenvalue weighted by molar-refractivity contribution is 7.23. The van der Waals surface area contributed by atoms with E-state index in [0.29, 0.717) is 18.2 Å². The molecule has 238 valence electrons. The van der Waals surface area contributed by atoms with Gasteiger partial charge in [0, 0.05) is 46.8 Å². The molecule has 0 spiro atoms. The molecule has 4 heterocycles. The van der Waals surface area contributed by atoms with Crippen molar-refractivity contribution in [3.8, 4) is 23.2 Å². The number of anilines is 3. The first-order chi connectivity index (χ1) is 21.9. The van der Waals surface area contributed by atoms with Crippen LogP contribution in [0.15, 0.2) is 24.7 Å². The minimum Gasteiger partial charge on any atom is -0.456 e. The number of ether oxygens (including phenoxy) is 2. The van der Waals surface area contributed by atoms with Crippen LogP contribution in [-0.2, 0) is 4.74 Å². The lowest BCUT2D eigenvalue weighted by Gasteiger charge is -2.29. The topological polar surface area (TPSA) is 152 Å². The molecule has 11 nitrogen and oxygen atoms in total. The van der Waals surface area contributed by atoms with Gasteiger partial charge >= 0.3 is 6.01 Å². The molecule has 0 bridgehead atoms. The Morgan fingerprint density at radius 1 is 1.13 bits per heavy atom. The van der Waals surface area contributed by atoms with Gasteiger partial charge in [0.25, 0.3) is 0 Å². The second-order valence-electron chi connectivity index (χ2n) is 11.0. The Morgan fingerprint density at radius 3 is 2.59 bits per heavy atom. The fraction of sp³-hybridized carbons (Fsp3) is 0.300. The molecular weight excluding hydrogens is 643 g/mol. The molecule has 5 aromatic rings. The summed E-state index contributed by atoms with van der Waals surface area (Å²) in [5, 5.41) is 9.50. The van der Waals surface area contributed by atoms with Crippen LogP contribution in [0.5, 0.6) is 6.01 Å². The second kappa shape index (κ2) is 12.0. The van der Waals surface area contributed by atoms with Gasteiger partial charge in [0.15, 0.2) is 5.82 Å². The third-order valence-corrected chi connectivity index (χ3v) is 9.48. The van der Waals surface area contributed by atoms with Crippen LogP contribution in [0.4, 0.5) is 29.8 Å². The van der Waals surface area contributed by atoms with Gasteiger partial charge in [0.2, 0.25) is 0 Å². The molecule has 6 rings (SSSR count). The van der Waals surface area contributed by atoms with Crippen LogP contribution in [-0.4, -0.2) is 71.3 Å². The molecule has 2 aromatic carbocycles. The summed E-state index contributed by atoms with van der Waals surface area (Å²) in [5.74, 6) is -2.65. The van der Waals surface area contributed by atoms with E-state index in [-0.39, 0.29) is 66.9 Å². The smallest absolute Gasteiger partial charge is 0.319 e. The van der Waals surface area contributed by atoms with Crippen molar-refractivity contribution in [3.05, 3.63) is 58.3 Å². The van der Waals surface area contributed by atoms with Gasteiger partial charge in [-0.3, -0.25) is 0 Å². The molecule has 1 fully saturated rings. The van der Waals surface area contributed by atoms with Crippen molar-refractivity contribution in [3.63, 3.8) is 0 Å². The van der Waals surface area contributed by atoms with Crippen LogP contribution in [0.3, 0.4) is 0 Å². The summed E-state index contributed by atoms with van der Waals surface area (Å²) in [7, 11) is 5.46. The van der Waals surface area contributed by atoms with Crippen molar-refractivity contribution >= 4 is 60.6 Å². The maximum atomic E-state index is 16.9.